The van der Waals surface area contributed by atoms with E-state index in [1.807, 2.05) is 56.3 Å². The fraction of sp³-hybridized carbons (Fsp3) is 0.296. The van der Waals surface area contributed by atoms with Gasteiger partial charge in [0, 0.05) is 0 Å². The van der Waals surface area contributed by atoms with Gasteiger partial charge in [0.25, 0.3) is 5.56 Å². The summed E-state index contributed by atoms with van der Waals surface area (Å²) in [5, 5.41) is 0. The van der Waals surface area contributed by atoms with Crippen LogP contribution < -0.4 is 24.4 Å². The Labute approximate surface area is 207 Å². The molecule has 0 radical (unpaired) electrons. The highest BCUT2D eigenvalue weighted by atomic mass is 32.1. The first-order valence-corrected chi connectivity index (χ1v) is 12.2. The number of ether oxygens (including phenoxy) is 3. The summed E-state index contributed by atoms with van der Waals surface area (Å²) in [6, 6.07) is 14.4. The molecule has 8 heteroatoms. The molecule has 2 aromatic carbocycles. The molecule has 1 atom stereocenters. The number of benzene rings is 2. The Kier molecular flexibility index (Phi) is 7.21. The third-order valence-corrected chi connectivity index (χ3v) is 6.46. The van der Waals surface area contributed by atoms with E-state index in [0.717, 1.165) is 5.56 Å². The Morgan fingerprint density at radius 1 is 1.17 bits per heavy atom. The van der Waals surface area contributed by atoms with Crippen LogP contribution in [0, 0.1) is 0 Å². The number of allylic oxidation sites excluding steroid dienone is 1. The first kappa shape index (κ1) is 24.5. The second-order valence-electron chi connectivity index (χ2n) is 8.29. The number of hydrogen-bond acceptors (Lipinski definition) is 7. The number of nitrogens with zero attached hydrogens (tertiary/aromatic N) is 2. The monoisotopic (exact) mass is 492 g/mol. The Morgan fingerprint density at radius 2 is 1.91 bits per heavy atom. The minimum absolute atomic E-state index is 0.0392. The van der Waals surface area contributed by atoms with Gasteiger partial charge in [0.05, 0.1) is 41.7 Å². The third kappa shape index (κ3) is 4.93. The van der Waals surface area contributed by atoms with Gasteiger partial charge in [-0.25, -0.2) is 9.79 Å². The molecule has 7 nitrogen and oxygen atoms in total. The molecule has 0 bridgehead atoms. The van der Waals surface area contributed by atoms with Crippen LogP contribution >= 0.6 is 11.3 Å². The van der Waals surface area contributed by atoms with Crippen molar-refractivity contribution in [1.29, 1.82) is 0 Å². The van der Waals surface area contributed by atoms with Crippen LogP contribution in [0.4, 0.5) is 0 Å². The van der Waals surface area contributed by atoms with Gasteiger partial charge in [0.15, 0.2) is 16.3 Å². The van der Waals surface area contributed by atoms with Crippen molar-refractivity contribution in [2.24, 2.45) is 4.99 Å². The minimum Gasteiger partial charge on any atom is -0.493 e. The van der Waals surface area contributed by atoms with Crippen molar-refractivity contribution in [1.82, 2.24) is 4.57 Å². The predicted molar refractivity (Wildman–Crippen MR) is 136 cm³/mol. The van der Waals surface area contributed by atoms with Crippen molar-refractivity contribution in [3.63, 3.8) is 0 Å². The highest BCUT2D eigenvalue weighted by molar-refractivity contribution is 7.07. The van der Waals surface area contributed by atoms with Gasteiger partial charge in [0.1, 0.15) is 0 Å². The van der Waals surface area contributed by atoms with E-state index in [2.05, 4.69) is 4.99 Å². The second kappa shape index (κ2) is 10.3. The molecule has 182 valence electrons. The Morgan fingerprint density at radius 3 is 2.57 bits per heavy atom. The lowest BCUT2D eigenvalue weighted by molar-refractivity contribution is -0.139. The van der Waals surface area contributed by atoms with Crippen LogP contribution in [0.25, 0.3) is 6.08 Å². The molecular formula is C27H28N2O5S. The molecule has 35 heavy (non-hydrogen) atoms. The maximum atomic E-state index is 13.7. The normalized spacial score (nSPS) is 15.6. The zero-order valence-corrected chi connectivity index (χ0v) is 21.2. The molecule has 0 fully saturated rings. The van der Waals surface area contributed by atoms with Crippen LogP contribution in [0.1, 0.15) is 44.9 Å². The number of methoxy groups -OCH3 is 1. The number of hydrogen-bond donors (Lipinski definition) is 0. The molecule has 2 heterocycles. The fourth-order valence-electron chi connectivity index (χ4n) is 4.01. The summed E-state index contributed by atoms with van der Waals surface area (Å²) in [4.78, 5) is 31.9. The Bertz CT molecular complexity index is 1450. The molecule has 0 unspecified atom stereocenters. The Balaban J connectivity index is 1.94. The quantitative estimate of drug-likeness (QED) is 0.471. The zero-order chi connectivity index (χ0) is 25.1. The van der Waals surface area contributed by atoms with Gasteiger partial charge in [-0.3, -0.25) is 9.36 Å². The van der Waals surface area contributed by atoms with E-state index in [9.17, 15) is 9.59 Å². The van der Waals surface area contributed by atoms with Crippen LogP contribution in [0.15, 0.2) is 69.6 Å². The van der Waals surface area contributed by atoms with Gasteiger partial charge in [-0.15, -0.1) is 0 Å². The molecule has 0 saturated heterocycles. The second-order valence-corrected chi connectivity index (χ2v) is 9.30. The van der Waals surface area contributed by atoms with E-state index in [0.29, 0.717) is 37.7 Å². The Hall–Kier alpha value is -3.65. The van der Waals surface area contributed by atoms with E-state index in [-0.39, 0.29) is 18.3 Å². The van der Waals surface area contributed by atoms with Crippen LogP contribution in [0.3, 0.4) is 0 Å². The van der Waals surface area contributed by atoms with Crippen molar-refractivity contribution in [3.8, 4) is 11.5 Å². The number of carbonyl (C=O) groups is 1. The number of rotatable bonds is 7. The zero-order valence-electron chi connectivity index (χ0n) is 20.4. The average molecular weight is 493 g/mol. The van der Waals surface area contributed by atoms with Gasteiger partial charge in [-0.2, -0.15) is 0 Å². The molecule has 0 aliphatic carbocycles. The SMILES string of the molecule is CCOC(=O)C1=C(C)N=c2s/c(=C\c3ccccc3)c(=O)n2[C@H]1c1ccc(OC(C)C)c(OC)c1. The topological polar surface area (TPSA) is 79.1 Å². The molecule has 0 spiro atoms. The van der Waals surface area contributed by atoms with Crippen LogP contribution in [0.2, 0.25) is 0 Å². The summed E-state index contributed by atoms with van der Waals surface area (Å²) in [6.45, 7) is 7.59. The third-order valence-electron chi connectivity index (χ3n) is 5.48. The molecule has 1 aliphatic heterocycles. The summed E-state index contributed by atoms with van der Waals surface area (Å²) in [5.74, 6) is 0.596. The fourth-order valence-corrected chi connectivity index (χ4v) is 5.06. The lowest BCUT2D eigenvalue weighted by atomic mass is 9.95. The molecular weight excluding hydrogens is 464 g/mol. The van der Waals surface area contributed by atoms with Crippen molar-refractivity contribution in [2.75, 3.05) is 13.7 Å². The van der Waals surface area contributed by atoms with E-state index >= 15 is 0 Å². The summed E-state index contributed by atoms with van der Waals surface area (Å²) in [5.41, 5.74) is 2.22. The number of thiazole rings is 1. The molecule has 3 aromatic rings. The van der Waals surface area contributed by atoms with Gasteiger partial charge in [-0.05, 0) is 57.0 Å². The van der Waals surface area contributed by atoms with Crippen LogP contribution in [-0.2, 0) is 9.53 Å². The van der Waals surface area contributed by atoms with Crippen molar-refractivity contribution in [2.45, 2.75) is 39.8 Å². The highest BCUT2D eigenvalue weighted by Crippen LogP contribution is 2.36. The lowest BCUT2D eigenvalue weighted by Gasteiger charge is -2.25. The first-order valence-electron chi connectivity index (χ1n) is 11.4. The largest absolute Gasteiger partial charge is 0.493 e. The average Bonchev–Trinajstić information content (AvgIpc) is 3.13. The van der Waals surface area contributed by atoms with Crippen molar-refractivity contribution in [3.05, 3.63) is 90.6 Å². The van der Waals surface area contributed by atoms with Crippen LogP contribution in [0.5, 0.6) is 11.5 Å². The number of carbonyl (C=O) groups excluding carboxylic acids is 1. The predicted octanol–water partition coefficient (Wildman–Crippen LogP) is 3.59. The van der Waals surface area contributed by atoms with Crippen molar-refractivity contribution >= 4 is 23.4 Å². The van der Waals surface area contributed by atoms with Gasteiger partial charge in [-0.1, -0.05) is 47.7 Å². The van der Waals surface area contributed by atoms with Crippen LogP contribution in [-0.4, -0.2) is 30.4 Å². The number of aromatic nitrogens is 1. The van der Waals surface area contributed by atoms with Gasteiger partial charge < -0.3 is 14.2 Å². The number of esters is 1. The summed E-state index contributed by atoms with van der Waals surface area (Å²) in [7, 11) is 1.56. The first-order chi connectivity index (χ1) is 16.8. The molecule has 0 N–H and O–H groups in total. The van der Waals surface area contributed by atoms with E-state index in [4.69, 9.17) is 14.2 Å². The molecule has 0 amide bonds. The molecule has 1 aliphatic rings. The van der Waals surface area contributed by atoms with E-state index in [1.165, 1.54) is 11.3 Å². The van der Waals surface area contributed by atoms with E-state index in [1.54, 1.807) is 37.7 Å². The maximum absolute atomic E-state index is 13.7. The molecule has 1 aromatic heterocycles. The van der Waals surface area contributed by atoms with Crippen molar-refractivity contribution < 1.29 is 19.0 Å². The maximum Gasteiger partial charge on any atom is 0.338 e. The minimum atomic E-state index is -0.717. The molecule has 0 saturated carbocycles. The number of fused-ring (bicyclic) bond motifs is 1. The summed E-state index contributed by atoms with van der Waals surface area (Å²) < 4.78 is 18.9. The van der Waals surface area contributed by atoms with Gasteiger partial charge in [0.2, 0.25) is 0 Å². The standard InChI is InChI=1S/C27H28N2O5S/c1-6-33-26(31)23-17(4)28-27-29(25(30)22(35-27)14-18-10-8-7-9-11-18)24(23)19-12-13-20(34-16(2)3)21(15-19)32-5/h7-16,24H,6H2,1-5H3/b22-14-/t24-/m0/s1. The highest BCUT2D eigenvalue weighted by Gasteiger charge is 2.34. The van der Waals surface area contributed by atoms with E-state index < -0.39 is 12.0 Å². The van der Waals surface area contributed by atoms with Gasteiger partial charge >= 0.3 is 5.97 Å². The summed E-state index contributed by atoms with van der Waals surface area (Å²) in [6.07, 6.45) is 1.80. The lowest BCUT2D eigenvalue weighted by Crippen LogP contribution is -2.40. The smallest absolute Gasteiger partial charge is 0.338 e. The molecule has 4 rings (SSSR count). The summed E-state index contributed by atoms with van der Waals surface area (Å²) >= 11 is 1.29.